The lowest BCUT2D eigenvalue weighted by Gasteiger charge is -2.08. The van der Waals surface area contributed by atoms with E-state index in [2.05, 4.69) is 5.32 Å². The first-order valence-electron chi connectivity index (χ1n) is 5.37. The van der Waals surface area contributed by atoms with Gasteiger partial charge in [-0.25, -0.2) is 0 Å². The van der Waals surface area contributed by atoms with Crippen LogP contribution in [0.1, 0.15) is 5.56 Å². The number of carbonyl (C=O) groups excluding carboxylic acids is 1. The summed E-state index contributed by atoms with van der Waals surface area (Å²) in [5, 5.41) is 16.1. The van der Waals surface area contributed by atoms with Gasteiger partial charge in [0.05, 0.1) is 13.5 Å². The highest BCUT2D eigenvalue weighted by Crippen LogP contribution is 2.28. The number of rotatable bonds is 4. The summed E-state index contributed by atoms with van der Waals surface area (Å²) >= 11 is 1.56. The van der Waals surface area contributed by atoms with Crippen molar-refractivity contribution in [3.05, 3.63) is 40.6 Å². The second-order valence-electron chi connectivity index (χ2n) is 3.74. The maximum atomic E-state index is 11.8. The number of aromatic hydroxyl groups is 1. The van der Waals surface area contributed by atoms with Gasteiger partial charge >= 0.3 is 0 Å². The Morgan fingerprint density at radius 2 is 2.28 bits per heavy atom. The van der Waals surface area contributed by atoms with Crippen molar-refractivity contribution < 1.29 is 14.6 Å². The molecule has 0 unspecified atom stereocenters. The number of benzene rings is 1. The summed E-state index contributed by atoms with van der Waals surface area (Å²) in [6.45, 7) is 0. The van der Waals surface area contributed by atoms with E-state index in [0.29, 0.717) is 17.9 Å². The summed E-state index contributed by atoms with van der Waals surface area (Å²) in [5.74, 6) is 0.290. The molecule has 0 saturated heterocycles. The van der Waals surface area contributed by atoms with Crippen molar-refractivity contribution in [2.45, 2.75) is 6.42 Å². The fourth-order valence-corrected chi connectivity index (χ4v) is 2.21. The average molecular weight is 263 g/mol. The molecule has 0 aliphatic heterocycles. The molecule has 0 spiro atoms. The van der Waals surface area contributed by atoms with E-state index in [1.54, 1.807) is 23.5 Å². The summed E-state index contributed by atoms with van der Waals surface area (Å²) < 4.78 is 4.97. The lowest BCUT2D eigenvalue weighted by molar-refractivity contribution is -0.115. The molecule has 4 nitrogen and oxygen atoms in total. The van der Waals surface area contributed by atoms with Crippen molar-refractivity contribution >= 4 is 22.9 Å². The molecule has 0 fully saturated rings. The fraction of sp³-hybridized carbons (Fsp3) is 0.154. The maximum Gasteiger partial charge on any atom is 0.228 e. The third kappa shape index (κ3) is 3.01. The minimum absolute atomic E-state index is 0.0494. The number of anilines is 1. The van der Waals surface area contributed by atoms with Gasteiger partial charge in [-0.15, -0.1) is 0 Å². The third-order valence-electron chi connectivity index (χ3n) is 2.41. The highest BCUT2D eigenvalue weighted by molar-refractivity contribution is 7.08. The molecule has 18 heavy (non-hydrogen) atoms. The van der Waals surface area contributed by atoms with Crippen LogP contribution in [0.15, 0.2) is 35.0 Å². The number of thiophene rings is 1. The van der Waals surface area contributed by atoms with Crippen LogP contribution >= 0.6 is 11.3 Å². The largest absolute Gasteiger partial charge is 0.504 e. The van der Waals surface area contributed by atoms with Crippen LogP contribution in [0.4, 0.5) is 5.69 Å². The molecule has 0 aliphatic rings. The van der Waals surface area contributed by atoms with Gasteiger partial charge in [-0.1, -0.05) is 0 Å². The predicted molar refractivity (Wildman–Crippen MR) is 71.3 cm³/mol. The van der Waals surface area contributed by atoms with Gasteiger partial charge in [-0.05, 0) is 34.5 Å². The number of phenols is 1. The standard InChI is InChI=1S/C13H13NO3S/c1-17-12-7-10(2-3-11(12)15)14-13(16)6-9-4-5-18-8-9/h2-5,7-8,15H,6H2,1H3,(H,14,16). The summed E-state index contributed by atoms with van der Waals surface area (Å²) in [6.07, 6.45) is 0.340. The zero-order valence-electron chi connectivity index (χ0n) is 9.84. The van der Waals surface area contributed by atoms with Crippen molar-refractivity contribution in [1.82, 2.24) is 0 Å². The first-order valence-corrected chi connectivity index (χ1v) is 6.31. The number of phenolic OH excluding ortho intramolecular Hbond substituents is 1. The number of methoxy groups -OCH3 is 1. The van der Waals surface area contributed by atoms with E-state index in [0.717, 1.165) is 5.56 Å². The SMILES string of the molecule is COc1cc(NC(=O)Cc2ccsc2)ccc1O. The Kier molecular flexibility index (Phi) is 3.84. The van der Waals surface area contributed by atoms with E-state index >= 15 is 0 Å². The molecule has 2 N–H and O–H groups in total. The van der Waals surface area contributed by atoms with E-state index in [-0.39, 0.29) is 11.7 Å². The normalized spacial score (nSPS) is 10.1. The van der Waals surface area contributed by atoms with Crippen molar-refractivity contribution in [3.63, 3.8) is 0 Å². The van der Waals surface area contributed by atoms with Crippen molar-refractivity contribution in [3.8, 4) is 11.5 Å². The van der Waals surface area contributed by atoms with E-state index < -0.39 is 0 Å². The second-order valence-corrected chi connectivity index (χ2v) is 4.52. The Labute approximate surface area is 109 Å². The summed E-state index contributed by atoms with van der Waals surface area (Å²) in [5.41, 5.74) is 1.59. The van der Waals surface area contributed by atoms with E-state index in [1.807, 2.05) is 16.8 Å². The zero-order chi connectivity index (χ0) is 13.0. The van der Waals surface area contributed by atoms with E-state index in [9.17, 15) is 9.90 Å². The molecular formula is C13H13NO3S. The maximum absolute atomic E-state index is 11.8. The Bertz CT molecular complexity index is 537. The van der Waals surface area contributed by atoms with E-state index in [1.165, 1.54) is 13.2 Å². The zero-order valence-corrected chi connectivity index (χ0v) is 10.7. The molecule has 5 heteroatoms. The highest BCUT2D eigenvalue weighted by atomic mass is 32.1. The van der Waals surface area contributed by atoms with Crippen LogP contribution in [0.5, 0.6) is 11.5 Å². The predicted octanol–water partition coefficient (Wildman–Crippen LogP) is 2.64. The minimum Gasteiger partial charge on any atom is -0.504 e. The molecule has 2 aromatic rings. The van der Waals surface area contributed by atoms with Gasteiger partial charge in [0, 0.05) is 11.8 Å². The summed E-state index contributed by atoms with van der Waals surface area (Å²) in [6, 6.07) is 6.62. The average Bonchev–Trinajstić information content (AvgIpc) is 2.84. The number of carbonyl (C=O) groups is 1. The quantitative estimate of drug-likeness (QED) is 0.834. The van der Waals surface area contributed by atoms with Crippen LogP contribution in [-0.2, 0) is 11.2 Å². The molecule has 1 aromatic heterocycles. The molecule has 0 saturated carbocycles. The highest BCUT2D eigenvalue weighted by Gasteiger charge is 2.07. The van der Waals surface area contributed by atoms with Crippen LogP contribution in [0, 0.1) is 0 Å². The molecular weight excluding hydrogens is 250 g/mol. The molecule has 0 aliphatic carbocycles. The minimum atomic E-state index is -0.0962. The molecule has 0 atom stereocenters. The van der Waals surface area contributed by atoms with Gasteiger partial charge in [0.25, 0.3) is 0 Å². The molecule has 0 bridgehead atoms. The van der Waals surface area contributed by atoms with Gasteiger partial charge in [0.1, 0.15) is 0 Å². The van der Waals surface area contributed by atoms with Gasteiger partial charge in [0.2, 0.25) is 5.91 Å². The molecule has 1 aromatic carbocycles. The number of hydrogen-bond donors (Lipinski definition) is 2. The Hall–Kier alpha value is -2.01. The first kappa shape index (κ1) is 12.4. The van der Waals surface area contributed by atoms with Gasteiger partial charge in [0.15, 0.2) is 11.5 Å². The van der Waals surface area contributed by atoms with Crippen LogP contribution < -0.4 is 10.1 Å². The number of ether oxygens (including phenoxy) is 1. The second kappa shape index (κ2) is 5.55. The number of amides is 1. The monoisotopic (exact) mass is 263 g/mol. The van der Waals surface area contributed by atoms with Crippen LogP contribution in [0.2, 0.25) is 0 Å². The lowest BCUT2D eigenvalue weighted by Crippen LogP contribution is -2.13. The Morgan fingerprint density at radius 3 is 2.94 bits per heavy atom. The van der Waals surface area contributed by atoms with Crippen molar-refractivity contribution in [2.75, 3.05) is 12.4 Å². The summed E-state index contributed by atoms with van der Waals surface area (Å²) in [7, 11) is 1.46. The van der Waals surface area contributed by atoms with Crippen LogP contribution in [0.3, 0.4) is 0 Å². The fourth-order valence-electron chi connectivity index (χ4n) is 1.54. The molecule has 1 heterocycles. The third-order valence-corrected chi connectivity index (χ3v) is 3.14. The van der Waals surface area contributed by atoms with Crippen LogP contribution in [0.25, 0.3) is 0 Å². The van der Waals surface area contributed by atoms with Gasteiger partial charge < -0.3 is 15.2 Å². The van der Waals surface area contributed by atoms with Crippen molar-refractivity contribution in [1.29, 1.82) is 0 Å². The molecule has 0 radical (unpaired) electrons. The topological polar surface area (TPSA) is 58.6 Å². The molecule has 2 rings (SSSR count). The van der Waals surface area contributed by atoms with Crippen LogP contribution in [-0.4, -0.2) is 18.1 Å². The van der Waals surface area contributed by atoms with E-state index in [4.69, 9.17) is 4.74 Å². The Morgan fingerprint density at radius 1 is 1.44 bits per heavy atom. The summed E-state index contributed by atoms with van der Waals surface area (Å²) in [4.78, 5) is 11.8. The first-order chi connectivity index (χ1) is 8.69. The van der Waals surface area contributed by atoms with Crippen molar-refractivity contribution in [2.24, 2.45) is 0 Å². The lowest BCUT2D eigenvalue weighted by atomic mass is 10.2. The smallest absolute Gasteiger partial charge is 0.228 e. The number of nitrogens with one attached hydrogen (secondary N) is 1. The van der Waals surface area contributed by atoms with Gasteiger partial charge in [-0.3, -0.25) is 4.79 Å². The Balaban J connectivity index is 2.03. The number of hydrogen-bond acceptors (Lipinski definition) is 4. The molecule has 94 valence electrons. The molecule has 1 amide bonds. The van der Waals surface area contributed by atoms with Gasteiger partial charge in [-0.2, -0.15) is 11.3 Å².